The van der Waals surface area contributed by atoms with Crippen molar-refractivity contribution in [3.05, 3.63) is 62.6 Å². The van der Waals surface area contributed by atoms with Crippen LogP contribution in [0.1, 0.15) is 29.5 Å². The van der Waals surface area contributed by atoms with Crippen LogP contribution in [0.3, 0.4) is 0 Å². The van der Waals surface area contributed by atoms with E-state index in [1.165, 1.54) is 0 Å². The number of nitrogens with one attached hydrogen (secondary N) is 1. The molecule has 0 bridgehead atoms. The average molecular weight is 436 g/mol. The third-order valence-corrected chi connectivity index (χ3v) is 5.67. The number of likely N-dealkylation sites (tertiary alicyclic amines) is 1. The van der Waals surface area contributed by atoms with Gasteiger partial charge >= 0.3 is 0 Å². The van der Waals surface area contributed by atoms with Gasteiger partial charge in [0.2, 0.25) is 11.8 Å². The Hall–Kier alpha value is -1.85. The SMILES string of the molecule is Cc1ccc(CN2C(=O)CC[C@H]2C(=O)Nc2cc(Cl)c(C)cc2Br)cc1. The zero-order valence-electron chi connectivity index (χ0n) is 14.7. The van der Waals surface area contributed by atoms with Gasteiger partial charge in [0.25, 0.3) is 0 Å². The summed E-state index contributed by atoms with van der Waals surface area (Å²) in [5.74, 6) is -0.185. The molecule has 3 rings (SSSR count). The first-order valence-corrected chi connectivity index (χ1v) is 9.64. The standard InChI is InChI=1S/C20H20BrClN2O2/c1-12-3-5-14(6-4-12)11-24-18(7-8-19(24)25)20(26)23-17-10-16(22)13(2)9-15(17)21/h3-6,9-10,18H,7-8,11H2,1-2H3,(H,23,26)/t18-/m0/s1. The summed E-state index contributed by atoms with van der Waals surface area (Å²) in [4.78, 5) is 26.7. The van der Waals surface area contributed by atoms with E-state index in [1.54, 1.807) is 11.0 Å². The van der Waals surface area contributed by atoms with Crippen LogP contribution in [-0.2, 0) is 16.1 Å². The van der Waals surface area contributed by atoms with Crippen molar-refractivity contribution in [2.24, 2.45) is 0 Å². The molecule has 0 unspecified atom stereocenters. The highest BCUT2D eigenvalue weighted by molar-refractivity contribution is 9.10. The summed E-state index contributed by atoms with van der Waals surface area (Å²) in [7, 11) is 0. The van der Waals surface area contributed by atoms with Crippen molar-refractivity contribution in [3.63, 3.8) is 0 Å². The molecule has 0 saturated carbocycles. The molecule has 2 aromatic carbocycles. The lowest BCUT2D eigenvalue weighted by Crippen LogP contribution is -2.41. The molecule has 1 saturated heterocycles. The van der Waals surface area contributed by atoms with Gasteiger partial charge in [-0.3, -0.25) is 9.59 Å². The Bertz CT molecular complexity index is 852. The Morgan fingerprint density at radius 1 is 1.27 bits per heavy atom. The van der Waals surface area contributed by atoms with Gasteiger partial charge in [-0.2, -0.15) is 0 Å². The molecule has 0 radical (unpaired) electrons. The first kappa shape index (κ1) is 18.9. The second-order valence-electron chi connectivity index (χ2n) is 6.63. The van der Waals surface area contributed by atoms with Gasteiger partial charge in [0.15, 0.2) is 0 Å². The van der Waals surface area contributed by atoms with Crippen LogP contribution in [0, 0.1) is 13.8 Å². The second kappa shape index (κ2) is 7.80. The average Bonchev–Trinajstić information content (AvgIpc) is 2.95. The summed E-state index contributed by atoms with van der Waals surface area (Å²) >= 11 is 9.62. The van der Waals surface area contributed by atoms with E-state index in [0.29, 0.717) is 30.1 Å². The number of hydrogen-bond acceptors (Lipinski definition) is 2. The number of halogens is 2. The molecule has 2 aromatic rings. The minimum atomic E-state index is -0.476. The van der Waals surface area contributed by atoms with E-state index >= 15 is 0 Å². The van der Waals surface area contributed by atoms with Crippen molar-refractivity contribution in [2.75, 3.05) is 5.32 Å². The van der Waals surface area contributed by atoms with Crippen molar-refractivity contribution >= 4 is 45.0 Å². The quantitative estimate of drug-likeness (QED) is 0.746. The van der Waals surface area contributed by atoms with E-state index in [9.17, 15) is 9.59 Å². The molecule has 6 heteroatoms. The highest BCUT2D eigenvalue weighted by atomic mass is 79.9. The van der Waals surface area contributed by atoms with Gasteiger partial charge in [0.1, 0.15) is 6.04 Å². The van der Waals surface area contributed by atoms with Gasteiger partial charge in [-0.1, -0.05) is 41.4 Å². The fraction of sp³-hybridized carbons (Fsp3) is 0.300. The number of carbonyl (C=O) groups is 2. The topological polar surface area (TPSA) is 49.4 Å². The van der Waals surface area contributed by atoms with Crippen LogP contribution in [0.5, 0.6) is 0 Å². The van der Waals surface area contributed by atoms with Gasteiger partial charge in [-0.05, 0) is 59.5 Å². The van der Waals surface area contributed by atoms with Gasteiger partial charge < -0.3 is 10.2 Å². The maximum absolute atomic E-state index is 12.8. The van der Waals surface area contributed by atoms with Crippen LogP contribution in [0.15, 0.2) is 40.9 Å². The Balaban J connectivity index is 1.76. The number of rotatable bonds is 4. The molecule has 1 atom stereocenters. The van der Waals surface area contributed by atoms with Crippen LogP contribution < -0.4 is 5.32 Å². The number of benzene rings is 2. The second-order valence-corrected chi connectivity index (χ2v) is 7.89. The Morgan fingerprint density at radius 3 is 2.65 bits per heavy atom. The van der Waals surface area contributed by atoms with E-state index in [-0.39, 0.29) is 11.8 Å². The fourth-order valence-electron chi connectivity index (χ4n) is 3.05. The zero-order valence-corrected chi connectivity index (χ0v) is 17.0. The van der Waals surface area contributed by atoms with Crippen LogP contribution >= 0.6 is 27.5 Å². The molecule has 0 aliphatic carbocycles. The lowest BCUT2D eigenvalue weighted by molar-refractivity contribution is -0.133. The summed E-state index contributed by atoms with van der Waals surface area (Å²) < 4.78 is 0.766. The minimum Gasteiger partial charge on any atom is -0.326 e. The molecule has 1 aliphatic heterocycles. The zero-order chi connectivity index (χ0) is 18.8. The normalized spacial score (nSPS) is 16.8. The number of anilines is 1. The monoisotopic (exact) mass is 434 g/mol. The molecule has 0 spiro atoms. The summed E-state index contributed by atoms with van der Waals surface area (Å²) in [5, 5.41) is 3.49. The molecule has 4 nitrogen and oxygen atoms in total. The van der Waals surface area contributed by atoms with Crippen molar-refractivity contribution in [1.82, 2.24) is 4.90 Å². The van der Waals surface area contributed by atoms with E-state index in [4.69, 9.17) is 11.6 Å². The summed E-state index contributed by atoms with van der Waals surface area (Å²) in [5.41, 5.74) is 3.72. The maximum Gasteiger partial charge on any atom is 0.247 e. The van der Waals surface area contributed by atoms with Gasteiger partial charge in [-0.25, -0.2) is 0 Å². The highest BCUT2D eigenvalue weighted by Gasteiger charge is 2.36. The fourth-order valence-corrected chi connectivity index (χ4v) is 3.77. The largest absolute Gasteiger partial charge is 0.326 e. The smallest absolute Gasteiger partial charge is 0.247 e. The third kappa shape index (κ3) is 4.10. The van der Waals surface area contributed by atoms with E-state index in [0.717, 1.165) is 21.2 Å². The van der Waals surface area contributed by atoms with Crippen molar-refractivity contribution < 1.29 is 9.59 Å². The minimum absolute atomic E-state index is 0.00623. The number of amides is 2. The highest BCUT2D eigenvalue weighted by Crippen LogP contribution is 2.30. The summed E-state index contributed by atoms with van der Waals surface area (Å²) in [6, 6.07) is 11.1. The van der Waals surface area contributed by atoms with Crippen LogP contribution in [0.4, 0.5) is 5.69 Å². The van der Waals surface area contributed by atoms with E-state index in [2.05, 4.69) is 21.2 Å². The summed E-state index contributed by atoms with van der Waals surface area (Å²) in [6.45, 7) is 4.36. The predicted molar refractivity (Wildman–Crippen MR) is 107 cm³/mol. The molecule has 1 aliphatic rings. The first-order chi connectivity index (χ1) is 12.3. The van der Waals surface area contributed by atoms with E-state index < -0.39 is 6.04 Å². The van der Waals surface area contributed by atoms with Crippen molar-refractivity contribution in [1.29, 1.82) is 0 Å². The Labute approximate surface area is 166 Å². The molecule has 1 N–H and O–H groups in total. The van der Waals surface area contributed by atoms with E-state index in [1.807, 2.05) is 44.2 Å². The van der Waals surface area contributed by atoms with Crippen LogP contribution in [0.2, 0.25) is 5.02 Å². The number of nitrogens with zero attached hydrogens (tertiary/aromatic N) is 1. The van der Waals surface area contributed by atoms with Gasteiger partial charge in [0.05, 0.1) is 5.69 Å². The first-order valence-electron chi connectivity index (χ1n) is 8.46. The lowest BCUT2D eigenvalue weighted by atomic mass is 10.1. The number of carbonyl (C=O) groups excluding carboxylic acids is 2. The third-order valence-electron chi connectivity index (χ3n) is 4.61. The number of hydrogen-bond donors (Lipinski definition) is 1. The van der Waals surface area contributed by atoms with Crippen molar-refractivity contribution in [2.45, 2.75) is 39.3 Å². The molecule has 26 heavy (non-hydrogen) atoms. The number of aryl methyl sites for hydroxylation is 2. The van der Waals surface area contributed by atoms with Crippen molar-refractivity contribution in [3.8, 4) is 0 Å². The van der Waals surface area contributed by atoms with Gasteiger partial charge in [-0.15, -0.1) is 0 Å². The molecule has 1 fully saturated rings. The molecule has 0 aromatic heterocycles. The molecule has 1 heterocycles. The molecule has 136 valence electrons. The summed E-state index contributed by atoms with van der Waals surface area (Å²) in [6.07, 6.45) is 0.910. The maximum atomic E-state index is 12.8. The van der Waals surface area contributed by atoms with Crippen LogP contribution in [0.25, 0.3) is 0 Å². The Kier molecular flexibility index (Phi) is 5.68. The van der Waals surface area contributed by atoms with Gasteiger partial charge in [0, 0.05) is 22.5 Å². The predicted octanol–water partition coefficient (Wildman–Crippen LogP) is 4.85. The molecule has 2 amide bonds. The Morgan fingerprint density at radius 2 is 1.96 bits per heavy atom. The van der Waals surface area contributed by atoms with Crippen LogP contribution in [-0.4, -0.2) is 22.8 Å². The molecular weight excluding hydrogens is 416 g/mol. The molecular formula is C20H20BrClN2O2. The lowest BCUT2D eigenvalue weighted by Gasteiger charge is -2.24.